The van der Waals surface area contributed by atoms with E-state index in [0.29, 0.717) is 0 Å². The summed E-state index contributed by atoms with van der Waals surface area (Å²) < 4.78 is 5.26. The van der Waals surface area contributed by atoms with Crippen LogP contribution in [0.1, 0.15) is 18.6 Å². The van der Waals surface area contributed by atoms with Crippen molar-refractivity contribution in [2.75, 3.05) is 20.1 Å². The van der Waals surface area contributed by atoms with Gasteiger partial charge in [-0.2, -0.15) is 0 Å². The Hall–Kier alpha value is -0.720. The predicted octanol–water partition coefficient (Wildman–Crippen LogP) is 2.02. The number of nitrogens with one attached hydrogen (secondary N) is 2. The quantitative estimate of drug-likeness (QED) is 0.486. The van der Waals surface area contributed by atoms with E-state index >= 15 is 0 Å². The SMILES string of the molecule is CN=C(NCCc1ccco1)NCC1CC1.I. The van der Waals surface area contributed by atoms with Crippen LogP contribution in [0.25, 0.3) is 0 Å². The van der Waals surface area contributed by atoms with E-state index in [1.165, 1.54) is 12.8 Å². The fraction of sp³-hybridized carbons (Fsp3) is 0.583. The van der Waals surface area contributed by atoms with Gasteiger partial charge in [0.15, 0.2) is 5.96 Å². The van der Waals surface area contributed by atoms with Gasteiger partial charge in [-0.1, -0.05) is 0 Å². The maximum absolute atomic E-state index is 5.26. The molecular formula is C12H20IN3O. The Morgan fingerprint density at radius 1 is 1.47 bits per heavy atom. The summed E-state index contributed by atoms with van der Waals surface area (Å²) in [6.45, 7) is 1.89. The minimum absolute atomic E-state index is 0. The lowest BCUT2D eigenvalue weighted by Gasteiger charge is -2.10. The van der Waals surface area contributed by atoms with Gasteiger partial charge in [-0.25, -0.2) is 0 Å². The lowest BCUT2D eigenvalue weighted by Crippen LogP contribution is -2.39. The Balaban J connectivity index is 0.00000144. The van der Waals surface area contributed by atoms with Gasteiger partial charge in [-0.15, -0.1) is 24.0 Å². The molecule has 1 aromatic heterocycles. The third kappa shape index (κ3) is 5.43. The van der Waals surface area contributed by atoms with E-state index in [2.05, 4.69) is 15.6 Å². The largest absolute Gasteiger partial charge is 0.469 e. The van der Waals surface area contributed by atoms with Gasteiger partial charge in [0.05, 0.1) is 6.26 Å². The first-order valence-electron chi connectivity index (χ1n) is 5.85. The van der Waals surface area contributed by atoms with Crippen LogP contribution in [0.3, 0.4) is 0 Å². The Morgan fingerprint density at radius 3 is 2.88 bits per heavy atom. The molecule has 0 atom stereocenters. The standard InChI is InChI=1S/C12H19N3O.HI/c1-13-12(15-9-10-4-5-10)14-7-6-11-3-2-8-16-11;/h2-3,8,10H,4-7,9H2,1H3,(H2,13,14,15);1H. The van der Waals surface area contributed by atoms with Crippen LogP contribution in [0.15, 0.2) is 27.8 Å². The summed E-state index contributed by atoms with van der Waals surface area (Å²) in [6.07, 6.45) is 5.30. The maximum Gasteiger partial charge on any atom is 0.190 e. The molecule has 0 aromatic carbocycles. The van der Waals surface area contributed by atoms with E-state index in [4.69, 9.17) is 4.42 Å². The van der Waals surface area contributed by atoms with Crippen molar-refractivity contribution in [3.8, 4) is 0 Å². The Kier molecular flexibility index (Phi) is 6.39. The molecule has 4 nitrogen and oxygen atoms in total. The second-order valence-corrected chi connectivity index (χ2v) is 4.15. The first kappa shape index (κ1) is 14.3. The molecule has 0 unspecified atom stereocenters. The van der Waals surface area contributed by atoms with Crippen LogP contribution in [0.5, 0.6) is 0 Å². The van der Waals surface area contributed by atoms with Gasteiger partial charge in [0, 0.05) is 26.6 Å². The van der Waals surface area contributed by atoms with Crippen molar-refractivity contribution in [3.05, 3.63) is 24.2 Å². The van der Waals surface area contributed by atoms with Crippen LogP contribution in [0.4, 0.5) is 0 Å². The fourth-order valence-corrected chi connectivity index (χ4v) is 1.54. The molecule has 2 N–H and O–H groups in total. The third-order valence-corrected chi connectivity index (χ3v) is 2.72. The van der Waals surface area contributed by atoms with Crippen molar-refractivity contribution in [2.24, 2.45) is 10.9 Å². The van der Waals surface area contributed by atoms with Crippen LogP contribution >= 0.6 is 24.0 Å². The maximum atomic E-state index is 5.26. The van der Waals surface area contributed by atoms with Crippen LogP contribution in [0, 0.1) is 5.92 Å². The summed E-state index contributed by atoms with van der Waals surface area (Å²) in [7, 11) is 1.80. The summed E-state index contributed by atoms with van der Waals surface area (Å²) in [6, 6.07) is 3.90. The summed E-state index contributed by atoms with van der Waals surface area (Å²) in [5.41, 5.74) is 0. The van der Waals surface area contributed by atoms with Gasteiger partial charge in [-0.05, 0) is 30.9 Å². The highest BCUT2D eigenvalue weighted by Crippen LogP contribution is 2.27. The number of nitrogens with zero attached hydrogens (tertiary/aromatic N) is 1. The second kappa shape index (κ2) is 7.58. The minimum Gasteiger partial charge on any atom is -0.469 e. The summed E-state index contributed by atoms with van der Waals surface area (Å²) >= 11 is 0. The number of guanidine groups is 1. The molecule has 17 heavy (non-hydrogen) atoms. The molecule has 96 valence electrons. The highest BCUT2D eigenvalue weighted by molar-refractivity contribution is 14.0. The number of aliphatic imine (C=N–C) groups is 1. The molecule has 5 heteroatoms. The Labute approximate surface area is 119 Å². The third-order valence-electron chi connectivity index (χ3n) is 2.72. The molecule has 0 aliphatic heterocycles. The van der Waals surface area contributed by atoms with Crippen molar-refractivity contribution in [1.82, 2.24) is 10.6 Å². The molecule has 1 aliphatic rings. The van der Waals surface area contributed by atoms with Crippen LogP contribution in [0.2, 0.25) is 0 Å². The molecule has 0 spiro atoms. The normalized spacial score (nSPS) is 15.2. The molecule has 0 saturated heterocycles. The monoisotopic (exact) mass is 349 g/mol. The molecule has 2 rings (SSSR count). The Morgan fingerprint density at radius 2 is 2.29 bits per heavy atom. The van der Waals surface area contributed by atoms with E-state index < -0.39 is 0 Å². The number of furan rings is 1. The average molecular weight is 349 g/mol. The highest BCUT2D eigenvalue weighted by Gasteiger charge is 2.20. The number of rotatable bonds is 5. The van der Waals surface area contributed by atoms with Gasteiger partial charge in [-0.3, -0.25) is 4.99 Å². The van der Waals surface area contributed by atoms with E-state index in [1.54, 1.807) is 13.3 Å². The fourth-order valence-electron chi connectivity index (χ4n) is 1.54. The van der Waals surface area contributed by atoms with Crippen molar-refractivity contribution >= 4 is 29.9 Å². The van der Waals surface area contributed by atoms with Gasteiger partial charge >= 0.3 is 0 Å². The number of hydrogen-bond donors (Lipinski definition) is 2. The Bertz CT molecular complexity index is 334. The molecule has 1 saturated carbocycles. The van der Waals surface area contributed by atoms with E-state index in [1.807, 2.05) is 12.1 Å². The minimum atomic E-state index is 0. The van der Waals surface area contributed by atoms with E-state index in [-0.39, 0.29) is 24.0 Å². The van der Waals surface area contributed by atoms with Crippen molar-refractivity contribution < 1.29 is 4.42 Å². The van der Waals surface area contributed by atoms with Gasteiger partial charge in [0.2, 0.25) is 0 Å². The predicted molar refractivity (Wildman–Crippen MR) is 79.9 cm³/mol. The van der Waals surface area contributed by atoms with Crippen LogP contribution in [-0.4, -0.2) is 26.1 Å². The molecule has 1 aromatic rings. The summed E-state index contributed by atoms with van der Waals surface area (Å²) in [4.78, 5) is 4.17. The van der Waals surface area contributed by atoms with Gasteiger partial charge < -0.3 is 15.1 Å². The lowest BCUT2D eigenvalue weighted by molar-refractivity contribution is 0.506. The zero-order chi connectivity index (χ0) is 11.2. The first-order valence-corrected chi connectivity index (χ1v) is 5.85. The molecular weight excluding hydrogens is 329 g/mol. The summed E-state index contributed by atoms with van der Waals surface area (Å²) in [5, 5.41) is 6.59. The first-order chi connectivity index (χ1) is 7.88. The average Bonchev–Trinajstić information content (AvgIpc) is 2.99. The van der Waals surface area contributed by atoms with Crippen molar-refractivity contribution in [3.63, 3.8) is 0 Å². The molecule has 0 radical (unpaired) electrons. The zero-order valence-electron chi connectivity index (χ0n) is 10.1. The van der Waals surface area contributed by atoms with Gasteiger partial charge in [0.25, 0.3) is 0 Å². The zero-order valence-corrected chi connectivity index (χ0v) is 12.4. The van der Waals surface area contributed by atoms with Crippen molar-refractivity contribution in [2.45, 2.75) is 19.3 Å². The van der Waals surface area contributed by atoms with E-state index in [9.17, 15) is 0 Å². The number of halogens is 1. The van der Waals surface area contributed by atoms with Crippen LogP contribution < -0.4 is 10.6 Å². The molecule has 1 fully saturated rings. The molecule has 0 amide bonds. The molecule has 1 heterocycles. The molecule has 1 aliphatic carbocycles. The molecule has 0 bridgehead atoms. The topological polar surface area (TPSA) is 49.6 Å². The van der Waals surface area contributed by atoms with Gasteiger partial charge in [0.1, 0.15) is 5.76 Å². The highest BCUT2D eigenvalue weighted by atomic mass is 127. The smallest absolute Gasteiger partial charge is 0.190 e. The second-order valence-electron chi connectivity index (χ2n) is 4.15. The number of hydrogen-bond acceptors (Lipinski definition) is 2. The van der Waals surface area contributed by atoms with Crippen molar-refractivity contribution in [1.29, 1.82) is 0 Å². The lowest BCUT2D eigenvalue weighted by atomic mass is 10.3. The van der Waals surface area contributed by atoms with E-state index in [0.717, 1.165) is 37.1 Å². The van der Waals surface area contributed by atoms with Crippen LogP contribution in [-0.2, 0) is 6.42 Å². The summed E-state index contributed by atoms with van der Waals surface area (Å²) in [5.74, 6) is 2.76.